The number of fused-ring (bicyclic) bond motifs is 2. The van der Waals surface area contributed by atoms with E-state index in [-0.39, 0.29) is 6.42 Å². The molecule has 0 fully saturated rings. The lowest BCUT2D eigenvalue weighted by Gasteiger charge is -2.09. The van der Waals surface area contributed by atoms with E-state index in [1.165, 1.54) is 0 Å². The first-order chi connectivity index (χ1) is 15.8. The van der Waals surface area contributed by atoms with E-state index in [0.717, 1.165) is 43.2 Å². The fourth-order valence-corrected chi connectivity index (χ4v) is 5.71. The van der Waals surface area contributed by atoms with Gasteiger partial charge in [0.05, 0.1) is 16.5 Å². The number of thiophene rings is 1. The van der Waals surface area contributed by atoms with Crippen LogP contribution < -0.4 is 11.5 Å². The molecular formula is C25H19Cl2N3O2S. The maximum atomic E-state index is 11.5. The average Bonchev–Trinajstić information content (AvgIpc) is 3.31. The first-order valence-electron chi connectivity index (χ1n) is 10.1. The number of carbonyl (C=O) groups is 1. The smallest absolute Gasteiger partial charge is 0.307 e. The Labute approximate surface area is 203 Å². The molecule has 2 heterocycles. The highest BCUT2D eigenvalue weighted by Crippen LogP contribution is 2.38. The van der Waals surface area contributed by atoms with Crippen LogP contribution in [0.25, 0.3) is 32.1 Å². The van der Waals surface area contributed by atoms with E-state index < -0.39 is 5.97 Å². The monoisotopic (exact) mass is 495 g/mol. The average molecular weight is 496 g/mol. The van der Waals surface area contributed by atoms with Gasteiger partial charge in [-0.05, 0) is 64.0 Å². The molecule has 3 aromatic carbocycles. The number of nitrogens with two attached hydrogens (primary N) is 2. The van der Waals surface area contributed by atoms with Gasteiger partial charge < -0.3 is 21.1 Å². The first kappa shape index (κ1) is 21.6. The van der Waals surface area contributed by atoms with Crippen LogP contribution in [0.1, 0.15) is 11.1 Å². The summed E-state index contributed by atoms with van der Waals surface area (Å²) in [6.45, 7) is 0.526. The lowest BCUT2D eigenvalue weighted by atomic mass is 10.0. The van der Waals surface area contributed by atoms with Crippen molar-refractivity contribution < 1.29 is 9.90 Å². The Hall–Kier alpha value is -3.19. The van der Waals surface area contributed by atoms with Crippen LogP contribution in [0.3, 0.4) is 0 Å². The molecule has 0 saturated carbocycles. The van der Waals surface area contributed by atoms with Crippen LogP contribution in [0.2, 0.25) is 10.0 Å². The standard InChI is InChI=1S/C25H19Cl2N3O2S/c26-20-3-4-22-24(25(20)27)16(12-33-22)11-30-10-15(8-23(31)32)19-2-1-13(7-21(19)30)14-5-17(28)9-18(29)6-14/h1-7,9-10,12H,8,11,28-29H2,(H,31,32). The van der Waals surface area contributed by atoms with Crippen molar-refractivity contribution in [3.05, 3.63) is 81.3 Å². The van der Waals surface area contributed by atoms with Crippen LogP contribution in [0.4, 0.5) is 11.4 Å². The molecule has 166 valence electrons. The number of nitrogens with zero attached hydrogens (tertiary/aromatic N) is 1. The molecule has 8 heteroatoms. The van der Waals surface area contributed by atoms with Gasteiger partial charge in [0, 0.05) is 45.1 Å². The molecule has 0 aliphatic carbocycles. The van der Waals surface area contributed by atoms with E-state index in [0.29, 0.717) is 28.0 Å². The lowest BCUT2D eigenvalue weighted by Crippen LogP contribution is -2.00. The van der Waals surface area contributed by atoms with E-state index in [4.69, 9.17) is 34.7 Å². The fourth-order valence-electron chi connectivity index (χ4n) is 4.25. The summed E-state index contributed by atoms with van der Waals surface area (Å²) in [4.78, 5) is 11.5. The number of rotatable bonds is 5. The predicted octanol–water partition coefficient (Wildman–Crippen LogP) is 6.67. The number of anilines is 2. The molecule has 5 rings (SSSR count). The van der Waals surface area contributed by atoms with Gasteiger partial charge in [0.25, 0.3) is 0 Å². The minimum atomic E-state index is -0.877. The van der Waals surface area contributed by atoms with Gasteiger partial charge in [0.1, 0.15) is 0 Å². The van der Waals surface area contributed by atoms with Crippen LogP contribution in [0.5, 0.6) is 0 Å². The molecule has 0 aliphatic rings. The highest BCUT2D eigenvalue weighted by Gasteiger charge is 2.16. The number of hydrogen-bond donors (Lipinski definition) is 3. The Morgan fingerprint density at radius 1 is 0.970 bits per heavy atom. The van der Waals surface area contributed by atoms with Gasteiger partial charge in [-0.1, -0.05) is 35.3 Å². The van der Waals surface area contributed by atoms with Crippen LogP contribution in [0.15, 0.2) is 60.1 Å². The minimum Gasteiger partial charge on any atom is -0.481 e. The zero-order valence-corrected chi connectivity index (χ0v) is 19.6. The molecule has 5 nitrogen and oxygen atoms in total. The number of carboxylic acids is 1. The summed E-state index contributed by atoms with van der Waals surface area (Å²) in [5.41, 5.74) is 17.7. The van der Waals surface area contributed by atoms with E-state index in [1.807, 2.05) is 42.6 Å². The van der Waals surface area contributed by atoms with Gasteiger partial charge in [-0.15, -0.1) is 11.3 Å². The predicted molar refractivity (Wildman–Crippen MR) is 138 cm³/mol. The molecule has 33 heavy (non-hydrogen) atoms. The molecule has 0 saturated heterocycles. The Kier molecular flexibility index (Phi) is 5.44. The van der Waals surface area contributed by atoms with Crippen molar-refractivity contribution in [2.75, 3.05) is 11.5 Å². The van der Waals surface area contributed by atoms with Crippen LogP contribution in [0, 0.1) is 0 Å². The van der Waals surface area contributed by atoms with Crippen molar-refractivity contribution in [3.63, 3.8) is 0 Å². The number of aromatic nitrogens is 1. The minimum absolute atomic E-state index is 0.0644. The summed E-state index contributed by atoms with van der Waals surface area (Å²) in [6.07, 6.45) is 1.84. The van der Waals surface area contributed by atoms with Crippen molar-refractivity contribution in [2.24, 2.45) is 0 Å². The van der Waals surface area contributed by atoms with E-state index >= 15 is 0 Å². The summed E-state index contributed by atoms with van der Waals surface area (Å²) >= 11 is 14.4. The largest absolute Gasteiger partial charge is 0.481 e. The number of halogens is 2. The molecule has 0 amide bonds. The molecule has 5 N–H and O–H groups in total. The highest BCUT2D eigenvalue weighted by atomic mass is 35.5. The fraction of sp³-hybridized carbons (Fsp3) is 0.0800. The van der Waals surface area contributed by atoms with Gasteiger partial charge >= 0.3 is 5.97 Å². The normalized spacial score (nSPS) is 11.5. The molecule has 2 aromatic heterocycles. The van der Waals surface area contributed by atoms with Crippen LogP contribution >= 0.6 is 34.5 Å². The summed E-state index contributed by atoms with van der Waals surface area (Å²) < 4.78 is 3.11. The highest BCUT2D eigenvalue weighted by molar-refractivity contribution is 7.17. The van der Waals surface area contributed by atoms with Crippen molar-refractivity contribution in [1.82, 2.24) is 4.57 Å². The van der Waals surface area contributed by atoms with E-state index in [9.17, 15) is 9.90 Å². The molecule has 0 atom stereocenters. The van der Waals surface area contributed by atoms with Crippen molar-refractivity contribution in [1.29, 1.82) is 0 Å². The molecule has 0 bridgehead atoms. The third kappa shape index (κ3) is 4.02. The number of aliphatic carboxylic acids is 1. The third-order valence-corrected chi connectivity index (χ3v) is 7.46. The second-order valence-corrected chi connectivity index (χ2v) is 9.66. The quantitative estimate of drug-likeness (QED) is 0.237. The number of hydrogen-bond acceptors (Lipinski definition) is 4. The summed E-state index contributed by atoms with van der Waals surface area (Å²) in [5, 5.41) is 14.4. The molecule has 0 aliphatic heterocycles. The van der Waals surface area contributed by atoms with Crippen molar-refractivity contribution >= 4 is 72.9 Å². The second kappa shape index (κ2) is 8.30. The Morgan fingerprint density at radius 2 is 1.73 bits per heavy atom. The second-order valence-electron chi connectivity index (χ2n) is 7.97. The maximum Gasteiger partial charge on any atom is 0.307 e. The molecule has 0 radical (unpaired) electrons. The van der Waals surface area contributed by atoms with Crippen LogP contribution in [-0.2, 0) is 17.8 Å². The number of carboxylic acid groups (broad SMARTS) is 1. The number of benzene rings is 3. The Bertz CT molecular complexity index is 1530. The molecule has 0 unspecified atom stereocenters. The topological polar surface area (TPSA) is 94.3 Å². The first-order valence-corrected chi connectivity index (χ1v) is 11.8. The summed E-state index contributed by atoms with van der Waals surface area (Å²) in [5.74, 6) is -0.877. The molecular weight excluding hydrogens is 477 g/mol. The molecule has 0 spiro atoms. The van der Waals surface area contributed by atoms with E-state index in [2.05, 4.69) is 9.95 Å². The third-order valence-electron chi connectivity index (χ3n) is 5.66. The van der Waals surface area contributed by atoms with Crippen molar-refractivity contribution in [3.8, 4) is 11.1 Å². The van der Waals surface area contributed by atoms with Gasteiger partial charge in [0.2, 0.25) is 0 Å². The van der Waals surface area contributed by atoms with Gasteiger partial charge in [-0.3, -0.25) is 4.79 Å². The number of nitrogen functional groups attached to an aromatic ring is 2. The van der Waals surface area contributed by atoms with Crippen molar-refractivity contribution in [2.45, 2.75) is 13.0 Å². The Balaban J connectivity index is 1.67. The van der Waals surface area contributed by atoms with E-state index in [1.54, 1.807) is 23.5 Å². The molecule has 5 aromatic rings. The van der Waals surface area contributed by atoms with Crippen LogP contribution in [-0.4, -0.2) is 15.6 Å². The maximum absolute atomic E-state index is 11.5. The Morgan fingerprint density at radius 3 is 2.45 bits per heavy atom. The zero-order chi connectivity index (χ0) is 23.3. The van der Waals surface area contributed by atoms with Gasteiger partial charge in [-0.25, -0.2) is 0 Å². The lowest BCUT2D eigenvalue weighted by molar-refractivity contribution is -0.136. The van der Waals surface area contributed by atoms with Gasteiger partial charge in [0.15, 0.2) is 0 Å². The summed E-state index contributed by atoms with van der Waals surface area (Å²) in [7, 11) is 0. The summed E-state index contributed by atoms with van der Waals surface area (Å²) in [6, 6.07) is 15.2. The SMILES string of the molecule is Nc1cc(N)cc(-c2ccc3c(CC(=O)O)cn(Cc4csc5ccc(Cl)c(Cl)c45)c3c2)c1. The van der Waals surface area contributed by atoms with Gasteiger partial charge in [-0.2, -0.15) is 0 Å². The zero-order valence-electron chi connectivity index (χ0n) is 17.3.